The quantitative estimate of drug-likeness (QED) is 0.899. The van der Waals surface area contributed by atoms with Gasteiger partial charge in [0.25, 0.3) is 6.43 Å². The first kappa shape index (κ1) is 13.1. The molecule has 0 bridgehead atoms. The van der Waals surface area contributed by atoms with Gasteiger partial charge in [0.15, 0.2) is 11.5 Å². The lowest BCUT2D eigenvalue weighted by molar-refractivity contribution is 0.149. The summed E-state index contributed by atoms with van der Waals surface area (Å²) in [6.45, 7) is 0.863. The average molecular weight is 257 g/mol. The molecule has 1 saturated heterocycles. The maximum absolute atomic E-state index is 13.1. The number of nitrogens with one attached hydrogen (secondary N) is 1. The van der Waals surface area contributed by atoms with Crippen LogP contribution in [0.3, 0.4) is 0 Å². The van der Waals surface area contributed by atoms with Crippen molar-refractivity contribution in [3.8, 4) is 11.5 Å². The molecule has 0 spiro atoms. The first-order valence-electron chi connectivity index (χ1n) is 5.94. The molecule has 100 valence electrons. The Morgan fingerprint density at radius 3 is 2.39 bits per heavy atom. The second-order valence-corrected chi connectivity index (χ2v) is 4.29. The summed E-state index contributed by atoms with van der Waals surface area (Å²) in [6, 6.07) is 3.01. The molecule has 3 nitrogen and oxygen atoms in total. The molecular formula is C13H17F2NO2. The van der Waals surface area contributed by atoms with Gasteiger partial charge in [0.1, 0.15) is 0 Å². The molecule has 5 heteroatoms. The second kappa shape index (κ2) is 5.52. The largest absolute Gasteiger partial charge is 0.493 e. The maximum Gasteiger partial charge on any atom is 0.264 e. The molecule has 1 fully saturated rings. The lowest BCUT2D eigenvalue weighted by atomic mass is 9.98. The molecule has 1 N–H and O–H groups in total. The maximum atomic E-state index is 13.1. The molecule has 0 amide bonds. The van der Waals surface area contributed by atoms with E-state index in [1.54, 1.807) is 6.07 Å². The lowest BCUT2D eigenvalue weighted by Crippen LogP contribution is -2.15. The number of hydrogen-bond acceptors (Lipinski definition) is 3. The Kier molecular flexibility index (Phi) is 4.01. The average Bonchev–Trinajstić information content (AvgIpc) is 2.90. The third kappa shape index (κ3) is 2.41. The van der Waals surface area contributed by atoms with E-state index in [1.807, 2.05) is 0 Å². The van der Waals surface area contributed by atoms with Crippen LogP contribution in [0.2, 0.25) is 0 Å². The van der Waals surface area contributed by atoms with Gasteiger partial charge in [-0.05, 0) is 37.1 Å². The number of methoxy groups -OCH3 is 2. The van der Waals surface area contributed by atoms with E-state index in [2.05, 4.69) is 5.32 Å². The molecular weight excluding hydrogens is 240 g/mol. The van der Waals surface area contributed by atoms with Crippen LogP contribution in [0, 0.1) is 0 Å². The summed E-state index contributed by atoms with van der Waals surface area (Å²) in [5, 5.41) is 3.23. The van der Waals surface area contributed by atoms with E-state index in [0.717, 1.165) is 19.4 Å². The van der Waals surface area contributed by atoms with Gasteiger partial charge >= 0.3 is 0 Å². The first-order chi connectivity index (χ1) is 8.67. The molecule has 0 aromatic heterocycles. The highest BCUT2D eigenvalue weighted by atomic mass is 19.3. The van der Waals surface area contributed by atoms with E-state index >= 15 is 0 Å². The van der Waals surface area contributed by atoms with Crippen molar-refractivity contribution in [1.82, 2.24) is 5.32 Å². The predicted octanol–water partition coefficient (Wildman–Crippen LogP) is 3.07. The highest BCUT2D eigenvalue weighted by molar-refractivity contribution is 5.49. The molecule has 0 saturated carbocycles. The van der Waals surface area contributed by atoms with Gasteiger partial charge in [0.05, 0.1) is 14.2 Å². The fourth-order valence-electron chi connectivity index (χ4n) is 2.35. The fraction of sp³-hybridized carbons (Fsp3) is 0.538. The molecule has 1 atom stereocenters. The molecule has 1 heterocycles. The van der Waals surface area contributed by atoms with E-state index in [0.29, 0.717) is 17.1 Å². The lowest BCUT2D eigenvalue weighted by Gasteiger charge is -2.18. The highest BCUT2D eigenvalue weighted by Gasteiger charge is 2.25. The summed E-state index contributed by atoms with van der Waals surface area (Å²) in [5.41, 5.74) is 0.632. The summed E-state index contributed by atoms with van der Waals surface area (Å²) in [5.74, 6) is 0.833. The number of rotatable bonds is 4. The van der Waals surface area contributed by atoms with Crippen LogP contribution >= 0.6 is 0 Å². The van der Waals surface area contributed by atoms with Crippen molar-refractivity contribution in [2.45, 2.75) is 25.3 Å². The van der Waals surface area contributed by atoms with Gasteiger partial charge in [-0.3, -0.25) is 0 Å². The zero-order valence-electron chi connectivity index (χ0n) is 10.5. The van der Waals surface area contributed by atoms with E-state index in [-0.39, 0.29) is 11.6 Å². The van der Waals surface area contributed by atoms with E-state index in [1.165, 1.54) is 20.3 Å². The molecule has 1 aliphatic rings. The number of halogens is 2. The van der Waals surface area contributed by atoms with Crippen molar-refractivity contribution in [3.63, 3.8) is 0 Å². The van der Waals surface area contributed by atoms with Gasteiger partial charge in [-0.25, -0.2) is 8.78 Å². The molecule has 0 aliphatic carbocycles. The summed E-state index contributed by atoms with van der Waals surface area (Å²) >= 11 is 0. The summed E-state index contributed by atoms with van der Waals surface area (Å²) < 4.78 is 36.5. The molecule has 1 aromatic rings. The van der Waals surface area contributed by atoms with Gasteiger partial charge in [0, 0.05) is 11.6 Å². The molecule has 1 aromatic carbocycles. The predicted molar refractivity (Wildman–Crippen MR) is 64.5 cm³/mol. The Bertz CT molecular complexity index is 418. The van der Waals surface area contributed by atoms with Crippen molar-refractivity contribution < 1.29 is 18.3 Å². The second-order valence-electron chi connectivity index (χ2n) is 4.29. The third-order valence-corrected chi connectivity index (χ3v) is 3.26. The molecule has 1 unspecified atom stereocenters. The minimum atomic E-state index is -2.51. The Labute approximate surface area is 105 Å². The molecule has 1 aliphatic heterocycles. The number of hydrogen-bond donors (Lipinski definition) is 1. The minimum absolute atomic E-state index is 0.0196. The van der Waals surface area contributed by atoms with Gasteiger partial charge in [0.2, 0.25) is 0 Å². The molecule has 18 heavy (non-hydrogen) atoms. The SMILES string of the molecule is COc1cc(C(F)F)c(C2CCCN2)cc1OC. The van der Waals surface area contributed by atoms with Crippen LogP contribution in [0.15, 0.2) is 12.1 Å². The van der Waals surface area contributed by atoms with Crippen LogP contribution in [-0.4, -0.2) is 20.8 Å². The number of ether oxygens (including phenoxy) is 2. The van der Waals surface area contributed by atoms with Crippen molar-refractivity contribution in [2.75, 3.05) is 20.8 Å². The standard InChI is InChI=1S/C13H17F2NO2/c1-17-11-6-8(10-4-3-5-16-10)9(13(14)15)7-12(11)18-2/h6-7,10,13,16H,3-5H2,1-2H3. The normalized spacial score (nSPS) is 19.3. The van der Waals surface area contributed by atoms with E-state index < -0.39 is 6.43 Å². The summed E-state index contributed by atoms with van der Waals surface area (Å²) in [4.78, 5) is 0. The first-order valence-corrected chi connectivity index (χ1v) is 5.94. The number of alkyl halides is 2. The molecule has 0 radical (unpaired) electrons. The highest BCUT2D eigenvalue weighted by Crippen LogP contribution is 2.39. The summed E-state index contributed by atoms with van der Waals surface area (Å²) in [7, 11) is 2.95. The van der Waals surface area contributed by atoms with E-state index in [9.17, 15) is 8.78 Å². The van der Waals surface area contributed by atoms with Crippen molar-refractivity contribution in [1.29, 1.82) is 0 Å². The monoisotopic (exact) mass is 257 g/mol. The summed E-state index contributed by atoms with van der Waals surface area (Å²) in [6.07, 6.45) is -0.640. The van der Waals surface area contributed by atoms with Crippen molar-refractivity contribution in [2.24, 2.45) is 0 Å². The minimum Gasteiger partial charge on any atom is -0.493 e. The zero-order valence-corrected chi connectivity index (χ0v) is 10.5. The van der Waals surface area contributed by atoms with Gasteiger partial charge in [-0.1, -0.05) is 0 Å². The zero-order chi connectivity index (χ0) is 13.1. The van der Waals surface area contributed by atoms with Crippen LogP contribution < -0.4 is 14.8 Å². The van der Waals surface area contributed by atoms with Crippen LogP contribution in [-0.2, 0) is 0 Å². The Balaban J connectivity index is 2.47. The smallest absolute Gasteiger partial charge is 0.264 e. The third-order valence-electron chi connectivity index (χ3n) is 3.26. The van der Waals surface area contributed by atoms with E-state index in [4.69, 9.17) is 9.47 Å². The van der Waals surface area contributed by atoms with Gasteiger partial charge < -0.3 is 14.8 Å². The van der Waals surface area contributed by atoms with Gasteiger partial charge in [-0.2, -0.15) is 0 Å². The topological polar surface area (TPSA) is 30.5 Å². The van der Waals surface area contributed by atoms with Crippen LogP contribution in [0.1, 0.15) is 36.4 Å². The fourth-order valence-corrected chi connectivity index (χ4v) is 2.35. The van der Waals surface area contributed by atoms with Gasteiger partial charge in [-0.15, -0.1) is 0 Å². The Morgan fingerprint density at radius 1 is 1.22 bits per heavy atom. The Morgan fingerprint density at radius 2 is 1.89 bits per heavy atom. The van der Waals surface area contributed by atoms with Crippen molar-refractivity contribution in [3.05, 3.63) is 23.3 Å². The van der Waals surface area contributed by atoms with Crippen molar-refractivity contribution >= 4 is 0 Å². The number of benzene rings is 1. The van der Waals surface area contributed by atoms with Crippen LogP contribution in [0.4, 0.5) is 8.78 Å². The van der Waals surface area contributed by atoms with Crippen LogP contribution in [0.5, 0.6) is 11.5 Å². The molecule has 2 rings (SSSR count). The van der Waals surface area contributed by atoms with Crippen LogP contribution in [0.25, 0.3) is 0 Å². The Hall–Kier alpha value is -1.36.